The minimum absolute atomic E-state index is 0.586. The van der Waals surface area contributed by atoms with Gasteiger partial charge in [0.15, 0.2) is 11.4 Å². The van der Waals surface area contributed by atoms with Gasteiger partial charge in [-0.25, -0.2) is 9.69 Å². The Morgan fingerprint density at radius 1 is 0.364 bits per heavy atom. The van der Waals surface area contributed by atoms with Crippen LogP contribution in [0.5, 0.6) is 0 Å². The first-order valence-electron chi connectivity index (χ1n) is 18.3. The zero-order valence-corrected chi connectivity index (χ0v) is 29.5. The molecule has 0 spiro atoms. The number of aromatic nitrogens is 3. The first-order chi connectivity index (χ1) is 27.2. The van der Waals surface area contributed by atoms with Crippen molar-refractivity contribution in [2.45, 2.75) is 0 Å². The number of nitrogens with zero attached hydrogens (tertiary/aromatic N) is 5. The largest absolute Gasteiger partial charge is 0.310 e. The molecule has 3 aromatic heterocycles. The van der Waals surface area contributed by atoms with Crippen LogP contribution < -0.4 is 0 Å². The highest BCUT2D eigenvalue weighted by atomic mass is 15.0. The number of fused-ring (bicyclic) bond motifs is 9. The first kappa shape index (κ1) is 30.7. The van der Waals surface area contributed by atoms with Crippen LogP contribution >= 0.6 is 0 Å². The van der Waals surface area contributed by atoms with Crippen molar-refractivity contribution in [3.8, 4) is 28.2 Å². The molecule has 5 heteroatoms. The Labute approximate surface area is 316 Å². The quantitative estimate of drug-likeness (QED) is 0.163. The van der Waals surface area contributed by atoms with Gasteiger partial charge in [-0.15, -0.1) is 0 Å². The Bertz CT molecular complexity index is 3420. The molecular weight excluding hydrogens is 671 g/mol. The molecule has 0 saturated heterocycles. The molecule has 8 aromatic carbocycles. The summed E-state index contributed by atoms with van der Waals surface area (Å²) in [5.74, 6) is 0. The van der Waals surface area contributed by atoms with E-state index in [9.17, 15) is 0 Å². The van der Waals surface area contributed by atoms with Crippen LogP contribution in [0, 0.1) is 13.1 Å². The minimum Gasteiger partial charge on any atom is -0.310 e. The van der Waals surface area contributed by atoms with Gasteiger partial charge in [-0.1, -0.05) is 103 Å². The molecule has 0 bridgehead atoms. The zero-order chi connectivity index (χ0) is 36.6. The maximum absolute atomic E-state index is 8.39. The van der Waals surface area contributed by atoms with Crippen molar-refractivity contribution in [3.63, 3.8) is 0 Å². The van der Waals surface area contributed by atoms with E-state index in [1.54, 1.807) is 0 Å². The average molecular weight is 700 g/mol. The number of para-hydroxylation sites is 4. The van der Waals surface area contributed by atoms with Crippen LogP contribution in [0.4, 0.5) is 11.4 Å². The third-order valence-electron chi connectivity index (χ3n) is 11.1. The number of hydrogen-bond donors (Lipinski definition) is 0. The minimum atomic E-state index is 0.586. The lowest BCUT2D eigenvalue weighted by Crippen LogP contribution is -1.97. The van der Waals surface area contributed by atoms with E-state index >= 15 is 0 Å². The lowest BCUT2D eigenvalue weighted by atomic mass is 10.0. The van der Waals surface area contributed by atoms with Gasteiger partial charge in [0.05, 0.1) is 51.9 Å². The van der Waals surface area contributed by atoms with Crippen LogP contribution in [0.1, 0.15) is 0 Å². The Morgan fingerprint density at radius 2 is 0.909 bits per heavy atom. The lowest BCUT2D eigenvalue weighted by Gasteiger charge is -2.14. The summed E-state index contributed by atoms with van der Waals surface area (Å²) >= 11 is 0. The van der Waals surface area contributed by atoms with Crippen molar-refractivity contribution in [1.82, 2.24) is 13.7 Å². The fraction of sp³-hybridized carbons (Fsp3) is 0. The molecule has 0 aliphatic heterocycles. The molecule has 0 unspecified atom stereocenters. The Kier molecular flexibility index (Phi) is 6.61. The monoisotopic (exact) mass is 699 g/mol. The first-order valence-corrected chi connectivity index (χ1v) is 18.3. The van der Waals surface area contributed by atoms with Crippen molar-refractivity contribution in [1.29, 1.82) is 0 Å². The predicted molar refractivity (Wildman–Crippen MR) is 227 cm³/mol. The molecule has 0 amide bonds. The van der Waals surface area contributed by atoms with Gasteiger partial charge in [0.1, 0.15) is 0 Å². The standard InChI is InChI=1S/C50H29N5/c1-51-33-25-28-47-41(30-33)39-17-5-7-19-43(39)53(47)34-14-11-13-32(29-34)36-27-26-35(31-42(36)52-2)54-46-22-10-6-18-40(46)50-48(54)23-12-24-49(50)55-44-20-8-3-15-37(44)38-16-4-9-21-45(38)55/h3-31H. The molecular formula is C50H29N5. The summed E-state index contributed by atoms with van der Waals surface area (Å²) in [6.07, 6.45) is 0. The van der Waals surface area contributed by atoms with E-state index < -0.39 is 0 Å². The van der Waals surface area contributed by atoms with Gasteiger partial charge >= 0.3 is 0 Å². The third kappa shape index (κ3) is 4.45. The summed E-state index contributed by atoms with van der Waals surface area (Å²) in [5, 5.41) is 6.94. The van der Waals surface area contributed by atoms with Crippen molar-refractivity contribution >= 4 is 76.8 Å². The lowest BCUT2D eigenvalue weighted by molar-refractivity contribution is 1.17. The van der Waals surface area contributed by atoms with E-state index in [0.29, 0.717) is 11.4 Å². The predicted octanol–water partition coefficient (Wildman–Crippen LogP) is 13.7. The fourth-order valence-corrected chi connectivity index (χ4v) is 8.76. The van der Waals surface area contributed by atoms with E-state index in [2.05, 4.69) is 163 Å². The molecule has 55 heavy (non-hydrogen) atoms. The molecule has 0 saturated carbocycles. The second-order valence-corrected chi connectivity index (χ2v) is 13.9. The second-order valence-electron chi connectivity index (χ2n) is 13.9. The maximum atomic E-state index is 8.39. The van der Waals surface area contributed by atoms with E-state index in [-0.39, 0.29) is 0 Å². The van der Waals surface area contributed by atoms with E-state index in [0.717, 1.165) is 66.4 Å². The summed E-state index contributed by atoms with van der Waals surface area (Å²) in [4.78, 5) is 7.80. The van der Waals surface area contributed by atoms with Crippen LogP contribution in [0.15, 0.2) is 176 Å². The second kappa shape index (κ2) is 11.8. The maximum Gasteiger partial charge on any atom is 0.196 e. The number of rotatable bonds is 4. The summed E-state index contributed by atoms with van der Waals surface area (Å²) in [5.41, 5.74) is 12.7. The van der Waals surface area contributed by atoms with Gasteiger partial charge in [0.25, 0.3) is 0 Å². The van der Waals surface area contributed by atoms with Crippen molar-refractivity contribution in [2.24, 2.45) is 0 Å². The highest BCUT2D eigenvalue weighted by Gasteiger charge is 2.20. The van der Waals surface area contributed by atoms with Gasteiger partial charge in [-0.3, -0.25) is 0 Å². The smallest absolute Gasteiger partial charge is 0.196 e. The molecule has 0 fully saturated rings. The van der Waals surface area contributed by atoms with Gasteiger partial charge in [0.2, 0.25) is 0 Å². The molecule has 5 nitrogen and oxygen atoms in total. The van der Waals surface area contributed by atoms with Crippen LogP contribution in [-0.4, -0.2) is 13.7 Å². The highest BCUT2D eigenvalue weighted by Crippen LogP contribution is 2.42. The Hall–Kier alpha value is -7.86. The van der Waals surface area contributed by atoms with E-state index in [1.165, 1.54) is 27.2 Å². The molecule has 0 radical (unpaired) electrons. The number of hydrogen-bond acceptors (Lipinski definition) is 0. The average Bonchev–Trinajstić information content (AvgIpc) is 3.89. The highest BCUT2D eigenvalue weighted by molar-refractivity contribution is 6.16. The summed E-state index contributed by atoms with van der Waals surface area (Å²) in [6.45, 7) is 16.0. The third-order valence-corrected chi connectivity index (χ3v) is 11.1. The van der Waals surface area contributed by atoms with Gasteiger partial charge < -0.3 is 13.7 Å². The Morgan fingerprint density at radius 3 is 1.60 bits per heavy atom. The zero-order valence-electron chi connectivity index (χ0n) is 29.5. The SMILES string of the molecule is [C-]#[N+]c1ccc2c(c1)c1ccccc1n2-c1cccc(-c2ccc(-n3c4ccccc4c4c(-n5c6ccccc6c6ccccc65)cccc43)cc2[N+]#[C-])c1. The van der Waals surface area contributed by atoms with Gasteiger partial charge in [0, 0.05) is 38.3 Å². The fourth-order valence-electron chi connectivity index (χ4n) is 8.76. The molecule has 0 atom stereocenters. The molecule has 11 rings (SSSR count). The van der Waals surface area contributed by atoms with Gasteiger partial charge in [-0.2, -0.15) is 0 Å². The summed E-state index contributed by atoms with van der Waals surface area (Å²) in [7, 11) is 0. The molecule has 3 heterocycles. The van der Waals surface area contributed by atoms with E-state index in [1.807, 2.05) is 36.4 Å². The van der Waals surface area contributed by atoms with Gasteiger partial charge in [-0.05, 0) is 89.3 Å². The van der Waals surface area contributed by atoms with Crippen LogP contribution in [0.2, 0.25) is 0 Å². The Balaban J connectivity index is 1.09. The van der Waals surface area contributed by atoms with Crippen molar-refractivity contribution in [3.05, 3.63) is 199 Å². The summed E-state index contributed by atoms with van der Waals surface area (Å²) < 4.78 is 6.94. The molecule has 254 valence electrons. The van der Waals surface area contributed by atoms with Crippen molar-refractivity contribution < 1.29 is 0 Å². The van der Waals surface area contributed by atoms with Crippen LogP contribution in [0.3, 0.4) is 0 Å². The molecule has 11 aromatic rings. The number of benzene rings is 8. The molecule has 0 aliphatic carbocycles. The molecule has 0 aliphatic rings. The normalized spacial score (nSPS) is 11.6. The topological polar surface area (TPSA) is 23.5 Å². The summed E-state index contributed by atoms with van der Waals surface area (Å²) in [6, 6.07) is 61.3. The van der Waals surface area contributed by atoms with Crippen LogP contribution in [-0.2, 0) is 0 Å². The molecule has 0 N–H and O–H groups in total. The van der Waals surface area contributed by atoms with Crippen LogP contribution in [0.25, 0.3) is 103 Å². The van der Waals surface area contributed by atoms with E-state index in [4.69, 9.17) is 13.1 Å². The van der Waals surface area contributed by atoms with Crippen molar-refractivity contribution in [2.75, 3.05) is 0 Å².